The van der Waals surface area contributed by atoms with Crippen molar-refractivity contribution < 1.29 is 4.79 Å². The molecule has 0 saturated heterocycles. The summed E-state index contributed by atoms with van der Waals surface area (Å²) in [6.07, 6.45) is 3.76. The van der Waals surface area contributed by atoms with Crippen molar-refractivity contribution in [3.63, 3.8) is 0 Å². The smallest absolute Gasteiger partial charge is 0.225 e. The third kappa shape index (κ3) is 0.953. The predicted octanol–water partition coefficient (Wildman–Crippen LogP) is 2.82. The highest BCUT2D eigenvalue weighted by Gasteiger charge is 2.55. The van der Waals surface area contributed by atoms with Gasteiger partial charge in [-0.1, -0.05) is 13.8 Å². The van der Waals surface area contributed by atoms with Gasteiger partial charge in [-0.05, 0) is 48.1 Å². The average Bonchev–Trinajstić information content (AvgIpc) is 2.41. The maximum absolute atomic E-state index is 11.2. The molecule has 0 heterocycles. The third-order valence-corrected chi connectivity index (χ3v) is 4.28. The van der Waals surface area contributed by atoms with Gasteiger partial charge in [0.25, 0.3) is 0 Å². The molecule has 0 aromatic heterocycles. The molecule has 2 rings (SSSR count). The van der Waals surface area contributed by atoms with Crippen LogP contribution in [0, 0.1) is 23.2 Å². The summed E-state index contributed by atoms with van der Waals surface area (Å²) in [5.74, 6) is 1.48. The Hall–Kier alpha value is -0.0400. The fourth-order valence-electron chi connectivity index (χ4n) is 3.33. The molecule has 0 N–H and O–H groups in total. The number of carbonyl (C=O) groups is 1. The predicted molar refractivity (Wildman–Crippen MR) is 49.0 cm³/mol. The quantitative estimate of drug-likeness (QED) is 0.576. The second kappa shape index (κ2) is 2.47. The summed E-state index contributed by atoms with van der Waals surface area (Å²) in [4.78, 5) is 11.2. The van der Waals surface area contributed by atoms with Gasteiger partial charge in [0, 0.05) is 5.92 Å². The molecule has 0 aromatic carbocycles. The highest BCUT2D eigenvalue weighted by molar-refractivity contribution is 6.64. The number of hydrogen-bond donors (Lipinski definition) is 0. The zero-order valence-electron chi connectivity index (χ0n) is 7.64. The first-order valence-corrected chi connectivity index (χ1v) is 5.10. The van der Waals surface area contributed by atoms with Crippen LogP contribution in [-0.4, -0.2) is 5.24 Å². The number of halogens is 1. The Labute approximate surface area is 78.5 Å². The Bertz CT molecular complexity index is 222. The van der Waals surface area contributed by atoms with E-state index in [1.807, 2.05) is 0 Å². The fourth-order valence-corrected chi connectivity index (χ4v) is 3.79. The van der Waals surface area contributed by atoms with Crippen LogP contribution in [0.5, 0.6) is 0 Å². The van der Waals surface area contributed by atoms with E-state index in [1.54, 1.807) is 0 Å². The van der Waals surface area contributed by atoms with E-state index >= 15 is 0 Å². The standard InChI is InChI=1S/C10H15ClO/c1-10(2)7-4-3-6(5-7)8(10)9(11)12/h6-8H,3-5H2,1-2H3/t6-,7?,8?/m1/s1. The lowest BCUT2D eigenvalue weighted by atomic mass is 9.69. The molecule has 3 atom stereocenters. The van der Waals surface area contributed by atoms with Crippen molar-refractivity contribution in [1.29, 1.82) is 0 Å². The fraction of sp³-hybridized carbons (Fsp3) is 0.900. The lowest BCUT2D eigenvalue weighted by Crippen LogP contribution is -2.34. The normalized spacial score (nSPS) is 43.4. The Kier molecular flexibility index (Phi) is 1.76. The zero-order chi connectivity index (χ0) is 8.93. The third-order valence-electron chi connectivity index (χ3n) is 4.04. The van der Waals surface area contributed by atoms with Crippen LogP contribution >= 0.6 is 11.6 Å². The summed E-state index contributed by atoms with van der Waals surface area (Å²) >= 11 is 5.62. The van der Waals surface area contributed by atoms with Gasteiger partial charge in [0.1, 0.15) is 0 Å². The monoisotopic (exact) mass is 186 g/mol. The summed E-state index contributed by atoms with van der Waals surface area (Å²) < 4.78 is 0. The second-order valence-corrected chi connectivity index (χ2v) is 5.25. The van der Waals surface area contributed by atoms with Gasteiger partial charge in [-0.3, -0.25) is 4.79 Å². The van der Waals surface area contributed by atoms with E-state index in [1.165, 1.54) is 19.3 Å². The second-order valence-electron chi connectivity index (χ2n) is 4.87. The van der Waals surface area contributed by atoms with Crippen molar-refractivity contribution >= 4 is 16.8 Å². The van der Waals surface area contributed by atoms with Crippen molar-refractivity contribution in [3.8, 4) is 0 Å². The average molecular weight is 187 g/mol. The number of fused-ring (bicyclic) bond motifs is 2. The van der Waals surface area contributed by atoms with Crippen LogP contribution in [0.2, 0.25) is 0 Å². The molecule has 0 aromatic rings. The van der Waals surface area contributed by atoms with Gasteiger partial charge in [0.15, 0.2) is 0 Å². The molecule has 1 nitrogen and oxygen atoms in total. The molecule has 12 heavy (non-hydrogen) atoms. The lowest BCUT2D eigenvalue weighted by Gasteiger charge is -2.35. The molecule has 0 radical (unpaired) electrons. The number of carbonyl (C=O) groups excluding carboxylic acids is 1. The largest absolute Gasteiger partial charge is 0.281 e. The minimum absolute atomic E-state index is 0.104. The topological polar surface area (TPSA) is 17.1 Å². The van der Waals surface area contributed by atoms with E-state index < -0.39 is 0 Å². The molecular formula is C10H15ClO. The minimum atomic E-state index is -0.104. The van der Waals surface area contributed by atoms with Gasteiger partial charge in [0.05, 0.1) is 0 Å². The molecule has 2 fully saturated rings. The van der Waals surface area contributed by atoms with Gasteiger partial charge in [-0.25, -0.2) is 0 Å². The SMILES string of the molecule is CC1(C)C2CC[C@H](C2)C1C(=O)Cl. The van der Waals surface area contributed by atoms with Crippen molar-refractivity contribution in [2.75, 3.05) is 0 Å². The Morgan fingerprint density at radius 2 is 2.08 bits per heavy atom. The number of rotatable bonds is 1. The van der Waals surface area contributed by atoms with Gasteiger partial charge >= 0.3 is 0 Å². The van der Waals surface area contributed by atoms with Crippen molar-refractivity contribution in [1.82, 2.24) is 0 Å². The Morgan fingerprint density at radius 1 is 1.42 bits per heavy atom. The molecule has 0 amide bonds. The maximum Gasteiger partial charge on any atom is 0.225 e. The molecule has 0 spiro atoms. The van der Waals surface area contributed by atoms with E-state index in [2.05, 4.69) is 13.8 Å². The van der Waals surface area contributed by atoms with Crippen LogP contribution in [0.15, 0.2) is 0 Å². The van der Waals surface area contributed by atoms with E-state index in [9.17, 15) is 4.79 Å². The molecule has 2 heteroatoms. The van der Waals surface area contributed by atoms with Crippen LogP contribution in [0.25, 0.3) is 0 Å². The van der Waals surface area contributed by atoms with E-state index in [-0.39, 0.29) is 16.6 Å². The van der Waals surface area contributed by atoms with E-state index in [0.29, 0.717) is 5.92 Å². The molecule has 2 unspecified atom stereocenters. The van der Waals surface area contributed by atoms with E-state index in [0.717, 1.165) is 5.92 Å². The van der Waals surface area contributed by atoms with Gasteiger partial charge in [0.2, 0.25) is 5.24 Å². The minimum Gasteiger partial charge on any atom is -0.281 e. The first-order chi connectivity index (χ1) is 5.53. The molecule has 2 aliphatic rings. The van der Waals surface area contributed by atoms with Crippen LogP contribution < -0.4 is 0 Å². The highest BCUT2D eigenvalue weighted by atomic mass is 35.5. The Morgan fingerprint density at radius 3 is 2.42 bits per heavy atom. The van der Waals surface area contributed by atoms with E-state index in [4.69, 9.17) is 11.6 Å². The van der Waals surface area contributed by atoms with Crippen molar-refractivity contribution in [3.05, 3.63) is 0 Å². The van der Waals surface area contributed by atoms with Gasteiger partial charge in [-0.15, -0.1) is 0 Å². The van der Waals surface area contributed by atoms with Gasteiger partial charge in [-0.2, -0.15) is 0 Å². The molecule has 0 aliphatic heterocycles. The molecule has 68 valence electrons. The summed E-state index contributed by atoms with van der Waals surface area (Å²) in [6, 6.07) is 0. The summed E-state index contributed by atoms with van der Waals surface area (Å²) in [5, 5.41) is -0.104. The first-order valence-electron chi connectivity index (χ1n) is 4.73. The summed E-state index contributed by atoms with van der Waals surface area (Å²) in [6.45, 7) is 4.39. The highest BCUT2D eigenvalue weighted by Crippen LogP contribution is 2.59. The Balaban J connectivity index is 2.29. The van der Waals surface area contributed by atoms with Gasteiger partial charge < -0.3 is 0 Å². The first kappa shape index (κ1) is 8.55. The summed E-state index contributed by atoms with van der Waals surface area (Å²) in [5.41, 5.74) is 0.168. The molecule has 2 saturated carbocycles. The van der Waals surface area contributed by atoms with Crippen molar-refractivity contribution in [2.24, 2.45) is 23.2 Å². The van der Waals surface area contributed by atoms with Crippen LogP contribution in [0.4, 0.5) is 0 Å². The summed E-state index contributed by atoms with van der Waals surface area (Å²) in [7, 11) is 0. The lowest BCUT2D eigenvalue weighted by molar-refractivity contribution is -0.120. The van der Waals surface area contributed by atoms with Crippen LogP contribution in [0.1, 0.15) is 33.1 Å². The van der Waals surface area contributed by atoms with Crippen LogP contribution in [-0.2, 0) is 4.79 Å². The number of hydrogen-bond acceptors (Lipinski definition) is 1. The van der Waals surface area contributed by atoms with Crippen molar-refractivity contribution in [2.45, 2.75) is 33.1 Å². The molecule has 2 aliphatic carbocycles. The molecule has 2 bridgehead atoms. The van der Waals surface area contributed by atoms with Crippen LogP contribution in [0.3, 0.4) is 0 Å². The zero-order valence-corrected chi connectivity index (χ0v) is 8.40. The maximum atomic E-state index is 11.2. The molecular weight excluding hydrogens is 172 g/mol.